The molecule has 0 aromatic carbocycles. The molecule has 0 amide bonds. The zero-order valence-corrected chi connectivity index (χ0v) is 9.10. The summed E-state index contributed by atoms with van der Waals surface area (Å²) in [6.07, 6.45) is 0.999. The van der Waals surface area contributed by atoms with Crippen LogP contribution in [0.15, 0.2) is 0 Å². The number of hydrogen-bond donors (Lipinski definition) is 1. The van der Waals surface area contributed by atoms with Gasteiger partial charge in [0, 0.05) is 19.6 Å². The third-order valence-corrected chi connectivity index (χ3v) is 4.23. The second kappa shape index (κ2) is 4.39. The van der Waals surface area contributed by atoms with Crippen molar-refractivity contribution in [2.75, 3.05) is 32.4 Å². The third-order valence-electron chi connectivity index (χ3n) is 2.39. The number of sulfonamides is 1. The fraction of sp³-hybridized carbons (Fsp3) is 1.00. The van der Waals surface area contributed by atoms with Crippen LogP contribution in [0.2, 0.25) is 0 Å². The maximum absolute atomic E-state index is 11.6. The predicted molar refractivity (Wildman–Crippen MR) is 53.1 cm³/mol. The van der Waals surface area contributed by atoms with Gasteiger partial charge in [-0.25, -0.2) is 12.7 Å². The van der Waals surface area contributed by atoms with Crippen LogP contribution in [0.4, 0.5) is 0 Å². The van der Waals surface area contributed by atoms with E-state index in [0.29, 0.717) is 25.6 Å². The average Bonchev–Trinajstić information content (AvgIpc) is 2.49. The molecule has 1 atom stereocenters. The third kappa shape index (κ3) is 2.93. The van der Waals surface area contributed by atoms with Crippen LogP contribution >= 0.6 is 0 Å². The molecule has 1 unspecified atom stereocenters. The van der Waals surface area contributed by atoms with Gasteiger partial charge in [0.25, 0.3) is 0 Å². The summed E-state index contributed by atoms with van der Waals surface area (Å²) in [7, 11) is -1.22. The Hall–Kier alpha value is -0.130. The standard InChI is InChI=1S/C8H18N2O2S/c1-8-3-5-10(7-8)13(11,12)6-4-9-2/h8-9H,3-7H2,1-2H3. The van der Waals surface area contributed by atoms with Crippen LogP contribution in [-0.2, 0) is 10.0 Å². The number of nitrogens with one attached hydrogen (secondary N) is 1. The summed E-state index contributed by atoms with van der Waals surface area (Å²) >= 11 is 0. The summed E-state index contributed by atoms with van der Waals surface area (Å²) in [5, 5.41) is 2.85. The normalized spacial score (nSPS) is 25.2. The molecule has 78 valence electrons. The quantitative estimate of drug-likeness (QED) is 0.697. The van der Waals surface area contributed by atoms with Gasteiger partial charge in [0.05, 0.1) is 5.75 Å². The Bertz CT molecular complexity index is 251. The molecule has 0 spiro atoms. The molecule has 1 aliphatic heterocycles. The minimum Gasteiger partial charge on any atom is -0.319 e. The van der Waals surface area contributed by atoms with Gasteiger partial charge in [0.15, 0.2) is 0 Å². The highest BCUT2D eigenvalue weighted by molar-refractivity contribution is 7.89. The molecule has 5 heteroatoms. The minimum atomic E-state index is -2.98. The fourth-order valence-corrected chi connectivity index (χ4v) is 3.09. The number of nitrogens with zero attached hydrogens (tertiary/aromatic N) is 1. The van der Waals surface area contributed by atoms with Gasteiger partial charge in [-0.1, -0.05) is 6.92 Å². The van der Waals surface area contributed by atoms with Crippen LogP contribution in [-0.4, -0.2) is 45.2 Å². The van der Waals surface area contributed by atoms with E-state index in [4.69, 9.17) is 0 Å². The van der Waals surface area contributed by atoms with Crippen LogP contribution < -0.4 is 5.32 Å². The first-order valence-corrected chi connectivity index (χ1v) is 6.29. The lowest BCUT2D eigenvalue weighted by atomic mass is 10.2. The molecule has 1 rings (SSSR count). The van der Waals surface area contributed by atoms with Crippen LogP contribution in [0.1, 0.15) is 13.3 Å². The zero-order valence-electron chi connectivity index (χ0n) is 8.28. The Kier molecular flexibility index (Phi) is 3.70. The van der Waals surface area contributed by atoms with Crippen molar-refractivity contribution in [3.63, 3.8) is 0 Å². The van der Waals surface area contributed by atoms with Crippen molar-refractivity contribution in [2.45, 2.75) is 13.3 Å². The van der Waals surface area contributed by atoms with Gasteiger partial charge in [-0.2, -0.15) is 0 Å². The van der Waals surface area contributed by atoms with Gasteiger partial charge in [-0.05, 0) is 19.4 Å². The highest BCUT2D eigenvalue weighted by Gasteiger charge is 2.28. The van der Waals surface area contributed by atoms with E-state index in [0.717, 1.165) is 6.42 Å². The van der Waals surface area contributed by atoms with E-state index < -0.39 is 10.0 Å². The summed E-state index contributed by atoms with van der Waals surface area (Å²) in [4.78, 5) is 0. The van der Waals surface area contributed by atoms with Crippen molar-refractivity contribution in [2.24, 2.45) is 5.92 Å². The Morgan fingerprint density at radius 1 is 1.54 bits per heavy atom. The Labute approximate surface area is 80.4 Å². The average molecular weight is 206 g/mol. The first kappa shape index (κ1) is 10.9. The molecule has 1 fully saturated rings. The van der Waals surface area contributed by atoms with Gasteiger partial charge in [-0.15, -0.1) is 0 Å². The van der Waals surface area contributed by atoms with E-state index in [-0.39, 0.29) is 5.75 Å². The van der Waals surface area contributed by atoms with Crippen LogP contribution in [0.5, 0.6) is 0 Å². The molecule has 0 aromatic heterocycles. The van der Waals surface area contributed by atoms with Crippen LogP contribution in [0.25, 0.3) is 0 Å². The molecule has 1 aliphatic rings. The molecule has 4 nitrogen and oxygen atoms in total. The van der Waals surface area contributed by atoms with E-state index >= 15 is 0 Å². The van der Waals surface area contributed by atoms with Gasteiger partial charge in [-0.3, -0.25) is 0 Å². The minimum absolute atomic E-state index is 0.218. The van der Waals surface area contributed by atoms with Crippen molar-refractivity contribution in [1.82, 2.24) is 9.62 Å². The molecule has 1 heterocycles. The lowest BCUT2D eigenvalue weighted by Crippen LogP contribution is -2.34. The van der Waals surface area contributed by atoms with E-state index in [1.807, 2.05) is 0 Å². The summed E-state index contributed by atoms with van der Waals surface area (Å²) < 4.78 is 24.9. The smallest absolute Gasteiger partial charge is 0.215 e. The van der Waals surface area contributed by atoms with Crippen molar-refractivity contribution in [3.05, 3.63) is 0 Å². The monoisotopic (exact) mass is 206 g/mol. The molecule has 0 aliphatic carbocycles. The number of rotatable bonds is 4. The molecular formula is C8H18N2O2S. The van der Waals surface area contributed by atoms with Gasteiger partial charge < -0.3 is 5.32 Å². The first-order chi connectivity index (χ1) is 6.06. The SMILES string of the molecule is CNCCS(=O)(=O)N1CCC(C)C1. The van der Waals surface area contributed by atoms with Crippen LogP contribution in [0.3, 0.4) is 0 Å². The molecule has 13 heavy (non-hydrogen) atoms. The highest BCUT2D eigenvalue weighted by atomic mass is 32.2. The zero-order chi connectivity index (χ0) is 9.90. The van der Waals surface area contributed by atoms with Gasteiger partial charge in [0.2, 0.25) is 10.0 Å². The lowest BCUT2D eigenvalue weighted by molar-refractivity contribution is 0.463. The van der Waals surface area contributed by atoms with Crippen molar-refractivity contribution in [3.8, 4) is 0 Å². The summed E-state index contributed by atoms with van der Waals surface area (Å²) in [5.74, 6) is 0.736. The Morgan fingerprint density at radius 3 is 2.69 bits per heavy atom. The fourth-order valence-electron chi connectivity index (χ4n) is 1.51. The maximum Gasteiger partial charge on any atom is 0.215 e. The van der Waals surface area contributed by atoms with Crippen molar-refractivity contribution < 1.29 is 8.42 Å². The molecule has 1 N–H and O–H groups in total. The molecule has 0 saturated carbocycles. The maximum atomic E-state index is 11.6. The lowest BCUT2D eigenvalue weighted by Gasteiger charge is -2.15. The van der Waals surface area contributed by atoms with Gasteiger partial charge >= 0.3 is 0 Å². The first-order valence-electron chi connectivity index (χ1n) is 4.68. The second-order valence-electron chi connectivity index (χ2n) is 3.67. The molecule has 1 saturated heterocycles. The summed E-state index contributed by atoms with van der Waals surface area (Å²) in [5.41, 5.74) is 0. The molecule has 0 bridgehead atoms. The largest absolute Gasteiger partial charge is 0.319 e. The van der Waals surface area contributed by atoms with Crippen molar-refractivity contribution >= 4 is 10.0 Å². The Balaban J connectivity index is 2.50. The molecule has 0 aromatic rings. The Morgan fingerprint density at radius 2 is 2.23 bits per heavy atom. The second-order valence-corrected chi connectivity index (χ2v) is 5.76. The summed E-state index contributed by atoms with van der Waals surface area (Å²) in [6, 6.07) is 0. The molecular weight excluding hydrogens is 188 g/mol. The predicted octanol–water partition coefficient (Wildman–Crippen LogP) is -0.123. The number of hydrogen-bond acceptors (Lipinski definition) is 3. The van der Waals surface area contributed by atoms with E-state index in [1.165, 1.54) is 0 Å². The molecule has 0 radical (unpaired) electrons. The van der Waals surface area contributed by atoms with E-state index in [9.17, 15) is 8.42 Å². The summed E-state index contributed by atoms with van der Waals surface area (Å²) in [6.45, 7) is 4.03. The van der Waals surface area contributed by atoms with E-state index in [2.05, 4.69) is 12.2 Å². The highest BCUT2D eigenvalue weighted by Crippen LogP contribution is 2.18. The van der Waals surface area contributed by atoms with E-state index in [1.54, 1.807) is 11.4 Å². The van der Waals surface area contributed by atoms with Crippen LogP contribution in [0, 0.1) is 5.92 Å². The van der Waals surface area contributed by atoms with Crippen molar-refractivity contribution in [1.29, 1.82) is 0 Å². The topological polar surface area (TPSA) is 49.4 Å². The van der Waals surface area contributed by atoms with Gasteiger partial charge in [0.1, 0.15) is 0 Å².